The molecule has 0 saturated heterocycles. The second kappa shape index (κ2) is 6.93. The summed E-state index contributed by atoms with van der Waals surface area (Å²) in [5.74, 6) is -0.600. The van der Waals surface area contributed by atoms with Gasteiger partial charge in [-0.05, 0) is 29.8 Å². The summed E-state index contributed by atoms with van der Waals surface area (Å²) in [4.78, 5) is 20.8. The number of benzene rings is 2. The lowest BCUT2D eigenvalue weighted by atomic mass is 10.1. The van der Waals surface area contributed by atoms with E-state index in [0.717, 1.165) is 0 Å². The molecule has 0 aliphatic rings. The highest BCUT2D eigenvalue weighted by atomic mass is 32.1. The highest BCUT2D eigenvalue weighted by molar-refractivity contribution is 7.15. The maximum absolute atomic E-state index is 13.7. The third-order valence-electron chi connectivity index (χ3n) is 3.72. The molecule has 1 N–H and O–H groups in total. The van der Waals surface area contributed by atoms with Gasteiger partial charge in [0.2, 0.25) is 5.13 Å². The second-order valence-electron chi connectivity index (χ2n) is 5.48. The van der Waals surface area contributed by atoms with Gasteiger partial charge in [0.25, 0.3) is 5.91 Å². The Morgan fingerprint density at radius 3 is 2.69 bits per heavy atom. The molecule has 0 bridgehead atoms. The SMILES string of the molecule is O=C(Nc1nnc(Cc2ccccc2F)s1)c1ccc2nccnc2c1. The largest absolute Gasteiger partial charge is 0.296 e. The van der Waals surface area contributed by atoms with Crippen molar-refractivity contribution in [1.29, 1.82) is 0 Å². The van der Waals surface area contributed by atoms with E-state index in [4.69, 9.17) is 0 Å². The average Bonchev–Trinajstić information content (AvgIpc) is 3.10. The summed E-state index contributed by atoms with van der Waals surface area (Å²) in [5, 5.41) is 11.7. The van der Waals surface area contributed by atoms with E-state index in [9.17, 15) is 9.18 Å². The van der Waals surface area contributed by atoms with Crippen molar-refractivity contribution in [2.75, 3.05) is 5.32 Å². The van der Waals surface area contributed by atoms with Crippen molar-refractivity contribution in [3.63, 3.8) is 0 Å². The number of nitrogens with zero attached hydrogens (tertiary/aromatic N) is 4. The number of hydrogen-bond donors (Lipinski definition) is 1. The van der Waals surface area contributed by atoms with Gasteiger partial charge in [0.05, 0.1) is 11.0 Å². The number of nitrogens with one attached hydrogen (secondary N) is 1. The first kappa shape index (κ1) is 16.2. The van der Waals surface area contributed by atoms with Gasteiger partial charge in [-0.3, -0.25) is 20.1 Å². The quantitative estimate of drug-likeness (QED) is 0.599. The zero-order chi connectivity index (χ0) is 17.9. The number of rotatable bonds is 4. The van der Waals surface area contributed by atoms with Gasteiger partial charge < -0.3 is 0 Å². The molecule has 1 amide bonds. The zero-order valence-electron chi connectivity index (χ0n) is 13.4. The molecule has 0 aliphatic carbocycles. The van der Waals surface area contributed by atoms with Crippen LogP contribution in [0.3, 0.4) is 0 Å². The highest BCUT2D eigenvalue weighted by Gasteiger charge is 2.12. The molecule has 0 atom stereocenters. The fraction of sp³-hybridized carbons (Fsp3) is 0.0556. The minimum Gasteiger partial charge on any atom is -0.296 e. The van der Waals surface area contributed by atoms with Crippen molar-refractivity contribution in [3.8, 4) is 0 Å². The number of carbonyl (C=O) groups is 1. The molecule has 0 radical (unpaired) electrons. The monoisotopic (exact) mass is 365 g/mol. The number of anilines is 1. The first-order valence-electron chi connectivity index (χ1n) is 7.77. The number of hydrogen-bond acceptors (Lipinski definition) is 6. The van der Waals surface area contributed by atoms with E-state index in [-0.39, 0.29) is 11.7 Å². The van der Waals surface area contributed by atoms with Gasteiger partial charge in [-0.2, -0.15) is 0 Å². The van der Waals surface area contributed by atoms with Crippen LogP contribution < -0.4 is 5.32 Å². The fourth-order valence-corrected chi connectivity index (χ4v) is 3.21. The Morgan fingerprint density at radius 1 is 1.04 bits per heavy atom. The predicted octanol–water partition coefficient (Wildman–Crippen LogP) is 3.46. The van der Waals surface area contributed by atoms with Gasteiger partial charge in [-0.25, -0.2) is 4.39 Å². The van der Waals surface area contributed by atoms with Gasteiger partial charge in [0, 0.05) is 24.4 Å². The number of carbonyl (C=O) groups excluding carboxylic acids is 1. The molecule has 6 nitrogen and oxygen atoms in total. The Balaban J connectivity index is 1.49. The molecule has 0 unspecified atom stereocenters. The van der Waals surface area contributed by atoms with Gasteiger partial charge in [0.1, 0.15) is 10.8 Å². The van der Waals surface area contributed by atoms with Crippen molar-refractivity contribution >= 4 is 33.4 Å². The Kier molecular flexibility index (Phi) is 4.32. The summed E-state index contributed by atoms with van der Waals surface area (Å²) in [7, 11) is 0. The van der Waals surface area contributed by atoms with E-state index in [0.29, 0.717) is 38.7 Å². The lowest BCUT2D eigenvalue weighted by Gasteiger charge is -2.02. The first-order chi connectivity index (χ1) is 12.7. The van der Waals surface area contributed by atoms with Crippen LogP contribution in [0.5, 0.6) is 0 Å². The highest BCUT2D eigenvalue weighted by Crippen LogP contribution is 2.21. The summed E-state index contributed by atoms with van der Waals surface area (Å²) in [6.07, 6.45) is 3.50. The van der Waals surface area contributed by atoms with Crippen LogP contribution in [0.1, 0.15) is 20.9 Å². The Hall–Kier alpha value is -3.26. The van der Waals surface area contributed by atoms with E-state index in [1.807, 2.05) is 0 Å². The van der Waals surface area contributed by atoms with Crippen molar-refractivity contribution in [2.45, 2.75) is 6.42 Å². The number of amides is 1. The third-order valence-corrected chi connectivity index (χ3v) is 4.56. The molecular weight excluding hydrogens is 353 g/mol. The molecule has 8 heteroatoms. The second-order valence-corrected chi connectivity index (χ2v) is 6.55. The Labute approximate surface area is 151 Å². The summed E-state index contributed by atoms with van der Waals surface area (Å²) in [6, 6.07) is 11.6. The van der Waals surface area contributed by atoms with Crippen molar-refractivity contribution in [3.05, 3.63) is 76.8 Å². The van der Waals surface area contributed by atoms with E-state index < -0.39 is 0 Å². The van der Waals surface area contributed by atoms with Crippen LogP contribution in [0.4, 0.5) is 9.52 Å². The van der Waals surface area contributed by atoms with E-state index in [1.165, 1.54) is 17.4 Å². The zero-order valence-corrected chi connectivity index (χ0v) is 14.2. The van der Waals surface area contributed by atoms with E-state index in [1.54, 1.807) is 48.8 Å². The van der Waals surface area contributed by atoms with Crippen LogP contribution in [-0.2, 0) is 6.42 Å². The molecule has 0 aliphatic heterocycles. The molecule has 4 rings (SSSR count). The van der Waals surface area contributed by atoms with Gasteiger partial charge >= 0.3 is 0 Å². The Morgan fingerprint density at radius 2 is 1.85 bits per heavy atom. The van der Waals surface area contributed by atoms with Crippen LogP contribution >= 0.6 is 11.3 Å². The summed E-state index contributed by atoms with van der Waals surface area (Å²) >= 11 is 1.21. The molecule has 2 aromatic heterocycles. The molecule has 128 valence electrons. The normalized spacial score (nSPS) is 10.8. The lowest BCUT2D eigenvalue weighted by Crippen LogP contribution is -2.11. The minimum absolute atomic E-state index is 0.287. The molecule has 0 saturated carbocycles. The van der Waals surface area contributed by atoms with Crippen molar-refractivity contribution in [2.24, 2.45) is 0 Å². The molecule has 0 fully saturated rings. The fourth-order valence-electron chi connectivity index (χ4n) is 2.45. The molecular formula is C18H12FN5OS. The predicted molar refractivity (Wildman–Crippen MR) is 96.6 cm³/mol. The van der Waals surface area contributed by atoms with Crippen molar-refractivity contribution in [1.82, 2.24) is 20.2 Å². The van der Waals surface area contributed by atoms with Crippen LogP contribution in [0.2, 0.25) is 0 Å². The Bertz CT molecular complexity index is 1100. The maximum Gasteiger partial charge on any atom is 0.257 e. The number of halogens is 1. The van der Waals surface area contributed by atoms with Gasteiger partial charge in [-0.1, -0.05) is 29.5 Å². The molecule has 26 heavy (non-hydrogen) atoms. The summed E-state index contributed by atoms with van der Waals surface area (Å²) in [6.45, 7) is 0. The number of aromatic nitrogens is 4. The van der Waals surface area contributed by atoms with Gasteiger partial charge in [0.15, 0.2) is 0 Å². The molecule has 0 spiro atoms. The smallest absolute Gasteiger partial charge is 0.257 e. The summed E-state index contributed by atoms with van der Waals surface area (Å²) < 4.78 is 13.7. The van der Waals surface area contributed by atoms with Crippen LogP contribution in [0.25, 0.3) is 11.0 Å². The first-order valence-corrected chi connectivity index (χ1v) is 8.58. The topological polar surface area (TPSA) is 80.7 Å². The van der Waals surface area contributed by atoms with Crippen LogP contribution in [0.15, 0.2) is 54.9 Å². The van der Waals surface area contributed by atoms with Crippen molar-refractivity contribution < 1.29 is 9.18 Å². The summed E-state index contributed by atoms with van der Waals surface area (Å²) in [5.41, 5.74) is 2.34. The molecule has 4 aromatic rings. The van der Waals surface area contributed by atoms with E-state index >= 15 is 0 Å². The lowest BCUT2D eigenvalue weighted by molar-refractivity contribution is 0.102. The van der Waals surface area contributed by atoms with E-state index in [2.05, 4.69) is 25.5 Å². The van der Waals surface area contributed by atoms with Gasteiger partial charge in [-0.15, -0.1) is 10.2 Å². The van der Waals surface area contributed by atoms with Crippen LogP contribution in [-0.4, -0.2) is 26.1 Å². The third kappa shape index (κ3) is 3.40. The number of fused-ring (bicyclic) bond motifs is 1. The minimum atomic E-state index is -0.314. The molecule has 2 heterocycles. The maximum atomic E-state index is 13.7. The average molecular weight is 365 g/mol. The molecule has 2 aromatic carbocycles. The van der Waals surface area contributed by atoms with Crippen LogP contribution in [0, 0.1) is 5.82 Å². The standard InChI is InChI=1S/C18H12FN5OS/c19-13-4-2-1-3-11(13)10-16-23-24-18(26-16)22-17(25)12-5-6-14-15(9-12)21-8-7-20-14/h1-9H,10H2,(H,22,24,25).